The average molecular weight is 389 g/mol. The van der Waals surface area contributed by atoms with Gasteiger partial charge in [-0.3, -0.25) is 14.2 Å². The normalized spacial score (nSPS) is 14.6. The Morgan fingerprint density at radius 1 is 1.37 bits per heavy atom. The third-order valence-electron chi connectivity index (χ3n) is 4.32. The molecule has 27 heavy (non-hydrogen) atoms. The van der Waals surface area contributed by atoms with Crippen molar-refractivity contribution in [2.45, 2.75) is 43.4 Å². The molecule has 2 aromatic rings. The van der Waals surface area contributed by atoms with Gasteiger partial charge in [-0.05, 0) is 25.8 Å². The van der Waals surface area contributed by atoms with Crippen LogP contribution in [0.5, 0.6) is 5.75 Å². The van der Waals surface area contributed by atoms with E-state index in [4.69, 9.17) is 10.5 Å². The van der Waals surface area contributed by atoms with Crippen molar-refractivity contribution in [3.8, 4) is 5.75 Å². The Labute approximate surface area is 161 Å². The second-order valence-corrected chi connectivity index (χ2v) is 7.43. The van der Waals surface area contributed by atoms with Crippen LogP contribution in [0.3, 0.4) is 0 Å². The molecule has 1 aromatic heterocycles. The first kappa shape index (κ1) is 19.2. The molecule has 3 N–H and O–H groups in total. The lowest BCUT2D eigenvalue weighted by atomic mass is 10.1. The predicted molar refractivity (Wildman–Crippen MR) is 101 cm³/mol. The Morgan fingerprint density at radius 2 is 2.11 bits per heavy atom. The molecule has 1 aliphatic carbocycles. The molecule has 0 bridgehead atoms. The first-order valence-electron chi connectivity index (χ1n) is 8.76. The van der Waals surface area contributed by atoms with E-state index in [1.807, 2.05) is 31.2 Å². The van der Waals surface area contributed by atoms with E-state index in [-0.39, 0.29) is 24.2 Å². The van der Waals surface area contributed by atoms with Gasteiger partial charge in [-0.25, -0.2) is 0 Å². The van der Waals surface area contributed by atoms with E-state index in [2.05, 4.69) is 15.5 Å². The summed E-state index contributed by atoms with van der Waals surface area (Å²) in [6.07, 6.45) is 2.08. The van der Waals surface area contributed by atoms with E-state index in [0.29, 0.717) is 11.1 Å². The molecule has 0 radical (unpaired) electrons. The van der Waals surface area contributed by atoms with Crippen molar-refractivity contribution >= 4 is 23.6 Å². The molecular formula is C18H23N5O3S. The highest BCUT2D eigenvalue weighted by Crippen LogP contribution is 2.40. The van der Waals surface area contributed by atoms with Crippen LogP contribution in [-0.2, 0) is 16.1 Å². The van der Waals surface area contributed by atoms with E-state index in [1.54, 1.807) is 11.7 Å². The Hall–Kier alpha value is -2.55. The van der Waals surface area contributed by atoms with Crippen LogP contribution in [0.4, 0.5) is 0 Å². The molecule has 3 rings (SSSR count). The number of nitrogens with two attached hydrogens (primary N) is 1. The minimum atomic E-state index is -0.451. The topological polar surface area (TPSA) is 112 Å². The van der Waals surface area contributed by atoms with Gasteiger partial charge in [-0.2, -0.15) is 0 Å². The third kappa shape index (κ3) is 4.79. The Morgan fingerprint density at radius 3 is 2.78 bits per heavy atom. The summed E-state index contributed by atoms with van der Waals surface area (Å²) in [4.78, 5) is 23.7. The van der Waals surface area contributed by atoms with Crippen molar-refractivity contribution in [1.29, 1.82) is 0 Å². The lowest BCUT2D eigenvalue weighted by Gasteiger charge is -2.17. The predicted octanol–water partition coefficient (Wildman–Crippen LogP) is 1.62. The van der Waals surface area contributed by atoms with Gasteiger partial charge in [-0.1, -0.05) is 30.0 Å². The summed E-state index contributed by atoms with van der Waals surface area (Å²) in [5.41, 5.74) is 6.25. The van der Waals surface area contributed by atoms with E-state index in [9.17, 15) is 9.59 Å². The highest BCUT2D eigenvalue weighted by Gasteiger charge is 2.31. The fourth-order valence-corrected chi connectivity index (χ4v) is 3.63. The van der Waals surface area contributed by atoms with Crippen molar-refractivity contribution in [2.24, 2.45) is 5.73 Å². The smallest absolute Gasteiger partial charge is 0.237 e. The fraction of sp³-hybridized carbons (Fsp3) is 0.444. The van der Waals surface area contributed by atoms with Crippen LogP contribution in [0.25, 0.3) is 0 Å². The van der Waals surface area contributed by atoms with Gasteiger partial charge in [0.2, 0.25) is 11.8 Å². The third-order valence-corrected chi connectivity index (χ3v) is 5.28. The first-order chi connectivity index (χ1) is 13.0. The van der Waals surface area contributed by atoms with Gasteiger partial charge >= 0.3 is 0 Å². The van der Waals surface area contributed by atoms with Gasteiger partial charge in [0, 0.05) is 11.5 Å². The Balaban J connectivity index is 1.61. The monoisotopic (exact) mass is 389 g/mol. The molecule has 1 aromatic carbocycles. The number of nitrogens with zero attached hydrogens (tertiary/aromatic N) is 3. The van der Waals surface area contributed by atoms with Gasteiger partial charge in [0.1, 0.15) is 18.1 Å². The number of thioether (sulfide) groups is 1. The first-order valence-corrected chi connectivity index (χ1v) is 9.74. The van der Waals surface area contributed by atoms with Gasteiger partial charge in [0.05, 0.1) is 18.9 Å². The summed E-state index contributed by atoms with van der Waals surface area (Å²) in [6, 6.07) is 7.37. The van der Waals surface area contributed by atoms with Crippen LogP contribution < -0.4 is 15.8 Å². The van der Waals surface area contributed by atoms with Crippen molar-refractivity contribution in [3.05, 3.63) is 35.7 Å². The van der Waals surface area contributed by atoms with Crippen molar-refractivity contribution in [3.63, 3.8) is 0 Å². The molecule has 1 fully saturated rings. The number of methoxy groups -OCH3 is 1. The van der Waals surface area contributed by atoms with Gasteiger partial charge in [0.25, 0.3) is 0 Å². The number of ether oxygens (including phenoxy) is 1. The standard InChI is InChI=1S/C18H23N5O3S/c1-11(13-5-3-4-6-14(13)26-2)20-16(25)10-27-18-22-21-17(12-7-8-12)23(18)9-15(19)24/h3-6,11-12H,7-10H2,1-2H3,(H2,19,24)(H,20,25)/t11-/m1/s1. The van der Waals surface area contributed by atoms with Crippen molar-refractivity contribution in [2.75, 3.05) is 12.9 Å². The van der Waals surface area contributed by atoms with Crippen LogP contribution in [0.2, 0.25) is 0 Å². The quantitative estimate of drug-likeness (QED) is 0.630. The molecule has 8 nitrogen and oxygen atoms in total. The molecule has 0 aliphatic heterocycles. The maximum Gasteiger partial charge on any atom is 0.237 e. The van der Waals surface area contributed by atoms with Crippen LogP contribution in [-0.4, -0.2) is 39.4 Å². The number of carbonyl (C=O) groups excluding carboxylic acids is 2. The molecule has 0 unspecified atom stereocenters. The van der Waals surface area contributed by atoms with Gasteiger partial charge < -0.3 is 15.8 Å². The van der Waals surface area contributed by atoms with E-state index in [0.717, 1.165) is 30.0 Å². The SMILES string of the molecule is COc1ccccc1[C@@H](C)NC(=O)CSc1nnc(C2CC2)n1CC(N)=O. The highest BCUT2D eigenvalue weighted by atomic mass is 32.2. The average Bonchev–Trinajstić information content (AvgIpc) is 3.41. The summed E-state index contributed by atoms with van der Waals surface area (Å²) in [5.74, 6) is 1.42. The minimum Gasteiger partial charge on any atom is -0.496 e. The Bertz CT molecular complexity index is 834. The molecule has 1 heterocycles. The number of primary amides is 1. The van der Waals surface area contributed by atoms with Crippen LogP contribution in [0.1, 0.15) is 43.1 Å². The zero-order valence-corrected chi connectivity index (χ0v) is 16.2. The van der Waals surface area contributed by atoms with E-state index >= 15 is 0 Å². The van der Waals surface area contributed by atoms with Gasteiger partial charge in [0.15, 0.2) is 5.16 Å². The molecule has 9 heteroatoms. The van der Waals surface area contributed by atoms with Crippen molar-refractivity contribution in [1.82, 2.24) is 20.1 Å². The minimum absolute atomic E-state index is 0.0282. The Kier molecular flexibility index (Phi) is 6.00. The summed E-state index contributed by atoms with van der Waals surface area (Å²) in [6.45, 7) is 1.93. The maximum atomic E-state index is 12.4. The number of rotatable bonds is 9. The molecule has 2 amide bonds. The number of carbonyl (C=O) groups is 2. The number of hydrogen-bond acceptors (Lipinski definition) is 6. The van der Waals surface area contributed by atoms with Crippen LogP contribution in [0, 0.1) is 0 Å². The molecule has 0 saturated heterocycles. The van der Waals surface area contributed by atoms with Gasteiger partial charge in [-0.15, -0.1) is 10.2 Å². The zero-order valence-electron chi connectivity index (χ0n) is 15.3. The number of benzene rings is 1. The van der Waals surface area contributed by atoms with E-state index < -0.39 is 5.91 Å². The number of para-hydroxylation sites is 1. The van der Waals surface area contributed by atoms with Crippen molar-refractivity contribution < 1.29 is 14.3 Å². The van der Waals surface area contributed by atoms with Crippen LogP contribution in [0.15, 0.2) is 29.4 Å². The molecular weight excluding hydrogens is 366 g/mol. The highest BCUT2D eigenvalue weighted by molar-refractivity contribution is 7.99. The number of aromatic nitrogens is 3. The lowest BCUT2D eigenvalue weighted by molar-refractivity contribution is -0.119. The second-order valence-electron chi connectivity index (χ2n) is 6.49. The molecule has 1 atom stereocenters. The fourth-order valence-electron chi connectivity index (χ4n) is 2.87. The van der Waals surface area contributed by atoms with E-state index in [1.165, 1.54) is 11.8 Å². The van der Waals surface area contributed by atoms with Crippen LogP contribution >= 0.6 is 11.8 Å². The zero-order chi connectivity index (χ0) is 19.4. The molecule has 1 aliphatic rings. The maximum absolute atomic E-state index is 12.4. The molecule has 144 valence electrons. The summed E-state index contributed by atoms with van der Waals surface area (Å²) in [5, 5.41) is 11.8. The molecule has 0 spiro atoms. The summed E-state index contributed by atoms with van der Waals surface area (Å²) >= 11 is 1.25. The number of amides is 2. The number of hydrogen-bond donors (Lipinski definition) is 2. The number of nitrogens with one attached hydrogen (secondary N) is 1. The summed E-state index contributed by atoms with van der Waals surface area (Å²) < 4.78 is 7.06. The molecule has 1 saturated carbocycles. The largest absolute Gasteiger partial charge is 0.496 e. The summed E-state index contributed by atoms with van der Waals surface area (Å²) in [7, 11) is 1.60. The second kappa shape index (κ2) is 8.43. The lowest BCUT2D eigenvalue weighted by Crippen LogP contribution is -2.28.